The maximum absolute atomic E-state index is 14.2. The van der Waals surface area contributed by atoms with E-state index in [1.807, 2.05) is 11.9 Å². The Morgan fingerprint density at radius 1 is 0.872 bits per heavy atom. The van der Waals surface area contributed by atoms with E-state index < -0.39 is 153 Å². The largest absolute Gasteiger partial charge is 0.778 e. The SMILES string of the molecule is CCCCNC(=O)C[C@H]1[C@@H](O)[C@H]([n+]2cn(C)c3c(=O)[nH]c(N)nc32)O[C@@H]1COP(=O)(O)OP(=O)(O)OP(=O)(O)OC[C@H]1O[C@@H](n2cnc3c(N)ncnc32)[C@H](OC)[C@@H]1P(=O)([O-])OC[C@H]1O[C@@H](n2ccc(=O)[nH]c2=O)[C@H](O)[C@@H]1O. The number of rotatable bonds is 23. The van der Waals surface area contributed by atoms with Gasteiger partial charge in [0.2, 0.25) is 17.7 Å². The lowest BCUT2D eigenvalue weighted by Gasteiger charge is -2.35. The maximum Gasteiger partial charge on any atom is 0.490 e. The number of hydrogen-bond acceptors (Lipinski definition) is 27. The summed E-state index contributed by atoms with van der Waals surface area (Å²) >= 11 is 0. The standard InChI is InChI=1S/C37H53N13O24P4/c1-4-5-7-40-21(52)9-16-17(70-33(24(16)53)50-15-47(2)23-31(50)45-36(39)46-32(23)56)10-68-76(60,61)73-78(64,65)74-77(62,63)69-12-19-28(27(66-3)35(72-19)49-14-43-22-29(38)41-13-42-30(22)49)75(58,59)67-11-18-25(54)26(55)34(71-18)48-8-6-20(51)44-37(48)57/h6,8,13-19,24-28,33-35,53-55H,4-5,7,9-12H2,1-3H3,(H10-,38,39,40,41,42,44,45,46,51,52,56,57,58,59,60,61,62,63,64,65)/t16-,17-,18-,19-,24-,25-,26-,27-,28-,33-,34-,35-/m1/s1. The summed E-state index contributed by atoms with van der Waals surface area (Å²) in [5.41, 5.74) is 6.97. The third kappa shape index (κ3) is 12.6. The minimum absolute atomic E-state index is 0.0102. The Morgan fingerprint density at radius 2 is 1.54 bits per heavy atom. The van der Waals surface area contributed by atoms with Crippen molar-refractivity contribution in [1.29, 1.82) is 0 Å². The van der Waals surface area contributed by atoms with Crippen LogP contribution in [0.25, 0.3) is 22.3 Å². The first-order valence-electron chi connectivity index (χ1n) is 23.1. The molecule has 4 unspecified atom stereocenters. The summed E-state index contributed by atoms with van der Waals surface area (Å²) in [5, 5.41) is 35.7. The summed E-state index contributed by atoms with van der Waals surface area (Å²) in [5.74, 6) is -2.25. The Kier molecular flexibility index (Phi) is 17.6. The van der Waals surface area contributed by atoms with Crippen molar-refractivity contribution < 1.29 is 104 Å². The van der Waals surface area contributed by atoms with Gasteiger partial charge in [-0.25, -0.2) is 38.0 Å². The molecule has 78 heavy (non-hydrogen) atoms. The summed E-state index contributed by atoms with van der Waals surface area (Å²) in [6.07, 6.45) is -11.7. The number of imidazole rings is 2. The van der Waals surface area contributed by atoms with E-state index in [0.717, 1.165) is 47.6 Å². The van der Waals surface area contributed by atoms with Gasteiger partial charge in [-0.1, -0.05) is 18.3 Å². The Bertz CT molecular complexity index is 3410. The number of phosphoric acid groups is 3. The topological polar surface area (TPSA) is 530 Å². The van der Waals surface area contributed by atoms with E-state index in [9.17, 15) is 72.3 Å². The fraction of sp³-hybridized carbons (Fsp3) is 0.595. The first-order chi connectivity index (χ1) is 36.6. The molecule has 16 atom stereocenters. The summed E-state index contributed by atoms with van der Waals surface area (Å²) in [6.45, 7) is -1.36. The van der Waals surface area contributed by atoms with Gasteiger partial charge < -0.3 is 79.7 Å². The highest BCUT2D eigenvalue weighted by molar-refractivity contribution is 7.66. The molecule has 3 aliphatic rings. The van der Waals surface area contributed by atoms with Crippen molar-refractivity contribution in [2.24, 2.45) is 13.0 Å². The Morgan fingerprint density at radius 3 is 2.21 bits per heavy atom. The van der Waals surface area contributed by atoms with Crippen molar-refractivity contribution in [3.63, 3.8) is 0 Å². The Hall–Kier alpha value is -5.07. The molecule has 8 rings (SSSR count). The van der Waals surface area contributed by atoms with Gasteiger partial charge in [-0.3, -0.25) is 47.1 Å². The number of aromatic amines is 2. The molecular weight excluding hydrogens is 1130 g/mol. The lowest BCUT2D eigenvalue weighted by molar-refractivity contribution is -0.745. The van der Waals surface area contributed by atoms with E-state index in [1.165, 1.54) is 22.5 Å². The molecule has 8 heterocycles. The van der Waals surface area contributed by atoms with E-state index >= 15 is 0 Å². The number of aryl methyl sites for hydroxylation is 1. The van der Waals surface area contributed by atoms with Crippen LogP contribution in [0.1, 0.15) is 44.9 Å². The van der Waals surface area contributed by atoms with Crippen LogP contribution in [0, 0.1) is 5.92 Å². The molecule has 3 aliphatic heterocycles. The monoisotopic (exact) mass is 1190 g/mol. The molecule has 5 aromatic rings. The number of aromatic nitrogens is 10. The van der Waals surface area contributed by atoms with Crippen LogP contribution in [-0.2, 0) is 71.2 Å². The second-order valence-electron chi connectivity index (χ2n) is 17.8. The zero-order valence-corrected chi connectivity index (χ0v) is 44.4. The fourth-order valence-electron chi connectivity index (χ4n) is 9.00. The molecule has 0 aliphatic carbocycles. The third-order valence-corrected chi connectivity index (χ3v) is 18.7. The van der Waals surface area contributed by atoms with E-state index in [4.69, 9.17) is 44.0 Å². The number of nitrogen functional groups attached to an aromatic ring is 2. The Balaban J connectivity index is 0.966. The molecule has 0 spiro atoms. The van der Waals surface area contributed by atoms with Crippen LogP contribution < -0.4 is 43.1 Å². The number of carbonyl (C=O) groups is 1. The highest BCUT2D eigenvalue weighted by atomic mass is 31.3. The molecule has 0 bridgehead atoms. The van der Waals surface area contributed by atoms with Crippen molar-refractivity contribution in [3.8, 4) is 0 Å². The van der Waals surface area contributed by atoms with Gasteiger partial charge in [-0.15, -0.1) is 0 Å². The highest BCUT2D eigenvalue weighted by Crippen LogP contribution is 2.68. The summed E-state index contributed by atoms with van der Waals surface area (Å²) < 4.78 is 105. The molecule has 37 nitrogen and oxygen atoms in total. The number of unbranched alkanes of at least 4 members (excludes halogenated alkanes) is 1. The van der Waals surface area contributed by atoms with Gasteiger partial charge in [-0.2, -0.15) is 8.62 Å². The molecule has 430 valence electrons. The minimum Gasteiger partial charge on any atom is -0.778 e. The lowest BCUT2D eigenvalue weighted by Crippen LogP contribution is -2.45. The predicted octanol–water partition coefficient (Wildman–Crippen LogP) is -3.88. The normalized spacial score (nSPS) is 29.6. The average molecular weight is 1190 g/mol. The van der Waals surface area contributed by atoms with Crippen LogP contribution >= 0.6 is 31.1 Å². The number of fused-ring (bicyclic) bond motifs is 2. The van der Waals surface area contributed by atoms with E-state index in [-0.39, 0.29) is 40.6 Å². The number of amides is 1. The number of methoxy groups -OCH3 is 1. The van der Waals surface area contributed by atoms with E-state index in [0.29, 0.717) is 6.42 Å². The van der Waals surface area contributed by atoms with E-state index in [2.05, 4.69) is 38.9 Å². The number of phosphoric ester groups is 2. The van der Waals surface area contributed by atoms with Gasteiger partial charge >= 0.3 is 34.8 Å². The molecule has 3 fully saturated rings. The minimum atomic E-state index is -6.27. The highest BCUT2D eigenvalue weighted by Gasteiger charge is 2.55. The van der Waals surface area contributed by atoms with Crippen LogP contribution in [0.2, 0.25) is 0 Å². The lowest BCUT2D eigenvalue weighted by atomic mass is 9.94. The van der Waals surface area contributed by atoms with Crippen LogP contribution in [0.15, 0.2) is 45.6 Å². The van der Waals surface area contributed by atoms with Gasteiger partial charge in [-0.05, 0) is 6.42 Å². The molecule has 1 amide bonds. The first kappa shape index (κ1) is 59.1. The second-order valence-corrected chi connectivity index (χ2v) is 24.4. The second kappa shape index (κ2) is 23.2. The van der Waals surface area contributed by atoms with Crippen molar-refractivity contribution in [2.45, 2.75) is 93.3 Å². The summed E-state index contributed by atoms with van der Waals surface area (Å²) in [4.78, 5) is 116. The average Bonchev–Trinajstić information content (AvgIpc) is 4.16. The number of carbonyl (C=O) groups excluding carboxylic acids is 1. The number of nitrogens with one attached hydrogen (secondary N) is 3. The van der Waals surface area contributed by atoms with Gasteiger partial charge in [0.25, 0.3) is 17.1 Å². The molecular formula is C37H53N13O24P4. The molecule has 0 aromatic carbocycles. The van der Waals surface area contributed by atoms with Crippen molar-refractivity contribution in [2.75, 3.05) is 44.9 Å². The number of hydrogen-bond donors (Lipinski definition) is 11. The molecule has 13 N–H and O–H groups in total. The van der Waals surface area contributed by atoms with Gasteiger partial charge in [0.1, 0.15) is 50.0 Å². The summed E-state index contributed by atoms with van der Waals surface area (Å²) in [6, 6.07) is 0.913. The van der Waals surface area contributed by atoms with Gasteiger partial charge in [0.05, 0.1) is 51.1 Å². The van der Waals surface area contributed by atoms with Gasteiger partial charge in [0.15, 0.2) is 30.2 Å². The number of anilines is 2. The first-order valence-corrected chi connectivity index (χ1v) is 29.2. The van der Waals surface area contributed by atoms with Crippen LogP contribution in [-0.4, -0.2) is 161 Å². The zero-order valence-electron chi connectivity index (χ0n) is 40.8. The Labute approximate surface area is 436 Å². The van der Waals surface area contributed by atoms with Crippen molar-refractivity contribution in [1.82, 2.24) is 48.9 Å². The molecule has 0 saturated carbocycles. The number of nitrogens with zero attached hydrogens (tertiary/aromatic N) is 8. The molecule has 3 saturated heterocycles. The number of aliphatic hydroxyl groups excluding tert-OH is 3. The molecule has 41 heteroatoms. The predicted molar refractivity (Wildman–Crippen MR) is 254 cm³/mol. The van der Waals surface area contributed by atoms with Crippen molar-refractivity contribution in [3.05, 3.63) is 62.4 Å². The fourth-order valence-corrected chi connectivity index (χ4v) is 14.2. The molecule has 0 radical (unpaired) electrons. The van der Waals surface area contributed by atoms with Crippen molar-refractivity contribution >= 4 is 71.1 Å². The number of aliphatic hydroxyl groups is 3. The van der Waals surface area contributed by atoms with Crippen LogP contribution in [0.3, 0.4) is 0 Å². The van der Waals surface area contributed by atoms with Gasteiger partial charge in [0, 0.05) is 38.3 Å². The molecule has 5 aromatic heterocycles. The quantitative estimate of drug-likeness (QED) is 0.0169. The summed E-state index contributed by atoms with van der Waals surface area (Å²) in [7, 11) is -21.3. The number of ether oxygens (including phenoxy) is 4. The van der Waals surface area contributed by atoms with E-state index in [1.54, 1.807) is 0 Å². The number of H-pyrrole nitrogens is 2. The van der Waals surface area contributed by atoms with Crippen LogP contribution in [0.4, 0.5) is 11.8 Å². The zero-order chi connectivity index (χ0) is 56.8. The smallest absolute Gasteiger partial charge is 0.490 e. The number of nitrogens with two attached hydrogens (primary N) is 2. The maximum atomic E-state index is 14.2. The van der Waals surface area contributed by atoms with Crippen LogP contribution in [0.5, 0.6) is 0 Å². The third-order valence-electron chi connectivity index (χ3n) is 12.6.